The number of hydrogen-bond acceptors (Lipinski definition) is 2. The van der Waals surface area contributed by atoms with Gasteiger partial charge < -0.3 is 5.73 Å². The van der Waals surface area contributed by atoms with E-state index in [1.54, 1.807) is 6.92 Å². The zero-order valence-electron chi connectivity index (χ0n) is 6.72. The van der Waals surface area contributed by atoms with Gasteiger partial charge in [-0.05, 0) is 12.5 Å². The van der Waals surface area contributed by atoms with Gasteiger partial charge in [-0.15, -0.1) is 0 Å². The van der Waals surface area contributed by atoms with Crippen LogP contribution in [-0.2, 0) is 0 Å². The van der Waals surface area contributed by atoms with Crippen molar-refractivity contribution in [1.82, 2.24) is 4.98 Å². The average Bonchev–Trinajstić information content (AvgIpc) is 2.03. The van der Waals surface area contributed by atoms with Crippen molar-refractivity contribution in [2.75, 3.05) is 6.54 Å². The molecule has 1 heterocycles. The van der Waals surface area contributed by atoms with Crippen molar-refractivity contribution in [3.8, 4) is 0 Å². The molecule has 0 saturated carbocycles. The number of nitrogens with zero attached hydrogens (tertiary/aromatic N) is 1. The van der Waals surface area contributed by atoms with Crippen LogP contribution in [0.2, 0.25) is 0 Å². The molecule has 2 nitrogen and oxygen atoms in total. The van der Waals surface area contributed by atoms with Crippen LogP contribution in [0.25, 0.3) is 0 Å². The van der Waals surface area contributed by atoms with E-state index in [2.05, 4.69) is 4.98 Å². The topological polar surface area (TPSA) is 38.9 Å². The summed E-state index contributed by atoms with van der Waals surface area (Å²) in [6.07, 6.45) is 1.98. The molecule has 0 spiro atoms. The van der Waals surface area contributed by atoms with E-state index in [-0.39, 0.29) is 18.0 Å². The van der Waals surface area contributed by atoms with Crippen LogP contribution >= 0.6 is 0 Å². The van der Waals surface area contributed by atoms with Crippen molar-refractivity contribution in [3.05, 3.63) is 29.6 Å². The van der Waals surface area contributed by atoms with E-state index in [0.717, 1.165) is 12.4 Å². The second kappa shape index (κ2) is 3.58. The number of pyridine rings is 1. The normalized spacial score (nSPS) is 13.0. The highest BCUT2D eigenvalue weighted by Crippen LogP contribution is 2.19. The number of halogens is 2. The van der Waals surface area contributed by atoms with Crippen molar-refractivity contribution in [3.63, 3.8) is 0 Å². The van der Waals surface area contributed by atoms with Gasteiger partial charge in [-0.25, -0.2) is 8.78 Å². The maximum atomic E-state index is 12.9. The fraction of sp³-hybridized carbons (Fsp3) is 0.375. The van der Waals surface area contributed by atoms with Crippen molar-refractivity contribution in [2.45, 2.75) is 12.8 Å². The van der Waals surface area contributed by atoms with Crippen LogP contribution in [0.3, 0.4) is 0 Å². The summed E-state index contributed by atoms with van der Waals surface area (Å²) in [6.45, 7) is 1.89. The van der Waals surface area contributed by atoms with Gasteiger partial charge in [0.2, 0.25) is 0 Å². The van der Waals surface area contributed by atoms with E-state index in [9.17, 15) is 8.78 Å². The Morgan fingerprint density at radius 3 is 2.33 bits per heavy atom. The second-order valence-electron chi connectivity index (χ2n) is 2.65. The summed E-state index contributed by atoms with van der Waals surface area (Å²) in [5.74, 6) is -1.58. The minimum Gasteiger partial charge on any atom is -0.330 e. The first-order chi connectivity index (χ1) is 5.66. The Bertz CT molecular complexity index is 256. The van der Waals surface area contributed by atoms with E-state index >= 15 is 0 Å². The first-order valence-electron chi connectivity index (χ1n) is 3.65. The molecule has 1 aromatic rings. The molecule has 12 heavy (non-hydrogen) atoms. The van der Waals surface area contributed by atoms with E-state index in [4.69, 9.17) is 5.73 Å². The van der Waals surface area contributed by atoms with Gasteiger partial charge in [-0.3, -0.25) is 4.98 Å². The zero-order chi connectivity index (χ0) is 9.14. The fourth-order valence-corrected chi connectivity index (χ4v) is 1.01. The smallest absolute Gasteiger partial charge is 0.147 e. The highest BCUT2D eigenvalue weighted by molar-refractivity contribution is 5.19. The molecule has 0 saturated heterocycles. The Balaban J connectivity index is 3.12. The number of hydrogen-bond donors (Lipinski definition) is 1. The van der Waals surface area contributed by atoms with E-state index in [1.165, 1.54) is 0 Å². The Labute approximate surface area is 69.4 Å². The Hall–Kier alpha value is -1.03. The minimum absolute atomic E-state index is 0.0208. The molecule has 4 heteroatoms. The second-order valence-corrected chi connectivity index (χ2v) is 2.65. The van der Waals surface area contributed by atoms with Crippen LogP contribution in [0, 0.1) is 11.6 Å². The van der Waals surface area contributed by atoms with Gasteiger partial charge in [-0.1, -0.05) is 6.92 Å². The number of aromatic nitrogens is 1. The summed E-state index contributed by atoms with van der Waals surface area (Å²) < 4.78 is 25.9. The van der Waals surface area contributed by atoms with Crippen molar-refractivity contribution in [2.24, 2.45) is 5.73 Å². The largest absolute Gasteiger partial charge is 0.330 e. The first kappa shape index (κ1) is 9.06. The summed E-state index contributed by atoms with van der Waals surface area (Å²) in [5.41, 5.74) is 5.31. The third-order valence-corrected chi connectivity index (χ3v) is 1.74. The number of nitrogens with two attached hydrogens (primary N) is 1. The van der Waals surface area contributed by atoms with Crippen LogP contribution in [0.15, 0.2) is 12.4 Å². The Kier molecular flexibility index (Phi) is 2.70. The van der Waals surface area contributed by atoms with Gasteiger partial charge in [0.1, 0.15) is 11.6 Å². The molecule has 1 unspecified atom stereocenters. The van der Waals surface area contributed by atoms with Crippen LogP contribution < -0.4 is 5.73 Å². The van der Waals surface area contributed by atoms with Gasteiger partial charge >= 0.3 is 0 Å². The van der Waals surface area contributed by atoms with E-state index in [1.807, 2.05) is 0 Å². The standard InChI is InChI=1S/C8H10F2N2/c1-5(2-11)8-6(9)3-12-4-7(8)10/h3-5H,2,11H2,1H3. The molecular formula is C8H10F2N2. The van der Waals surface area contributed by atoms with Crippen molar-refractivity contribution < 1.29 is 8.78 Å². The molecule has 66 valence electrons. The molecule has 0 bridgehead atoms. The van der Waals surface area contributed by atoms with Crippen LogP contribution in [0.5, 0.6) is 0 Å². The molecule has 0 fully saturated rings. The van der Waals surface area contributed by atoms with Gasteiger partial charge in [0.25, 0.3) is 0 Å². The zero-order valence-corrected chi connectivity index (χ0v) is 6.72. The summed E-state index contributed by atoms with van der Waals surface area (Å²) in [7, 11) is 0. The van der Waals surface area contributed by atoms with E-state index in [0.29, 0.717) is 0 Å². The third-order valence-electron chi connectivity index (χ3n) is 1.74. The maximum Gasteiger partial charge on any atom is 0.147 e. The molecule has 2 N–H and O–H groups in total. The summed E-state index contributed by atoms with van der Waals surface area (Å²) in [4.78, 5) is 3.37. The van der Waals surface area contributed by atoms with E-state index < -0.39 is 11.6 Å². The Morgan fingerprint density at radius 1 is 1.42 bits per heavy atom. The molecular weight excluding hydrogens is 162 g/mol. The van der Waals surface area contributed by atoms with Gasteiger partial charge in [0.15, 0.2) is 0 Å². The predicted molar refractivity (Wildman–Crippen MR) is 41.6 cm³/mol. The average molecular weight is 172 g/mol. The molecule has 1 atom stereocenters. The van der Waals surface area contributed by atoms with Crippen LogP contribution in [0.4, 0.5) is 8.78 Å². The molecule has 0 amide bonds. The molecule has 0 radical (unpaired) electrons. The molecule has 0 aliphatic heterocycles. The van der Waals surface area contributed by atoms with Crippen LogP contribution in [0.1, 0.15) is 18.4 Å². The molecule has 0 aliphatic carbocycles. The lowest BCUT2D eigenvalue weighted by Gasteiger charge is -2.09. The molecule has 1 rings (SSSR count). The predicted octanol–water partition coefficient (Wildman–Crippen LogP) is 1.42. The minimum atomic E-state index is -0.632. The SMILES string of the molecule is CC(CN)c1c(F)cncc1F. The van der Waals surface area contributed by atoms with Gasteiger partial charge in [-0.2, -0.15) is 0 Å². The first-order valence-corrected chi connectivity index (χ1v) is 3.65. The van der Waals surface area contributed by atoms with Gasteiger partial charge in [0.05, 0.1) is 12.4 Å². The van der Waals surface area contributed by atoms with Crippen molar-refractivity contribution in [1.29, 1.82) is 0 Å². The Morgan fingerprint density at radius 2 is 1.92 bits per heavy atom. The molecule has 1 aromatic heterocycles. The number of rotatable bonds is 2. The summed E-state index contributed by atoms with van der Waals surface area (Å²) in [6, 6.07) is 0. The monoisotopic (exact) mass is 172 g/mol. The lowest BCUT2D eigenvalue weighted by atomic mass is 10.0. The van der Waals surface area contributed by atoms with Crippen molar-refractivity contribution >= 4 is 0 Å². The lowest BCUT2D eigenvalue weighted by molar-refractivity contribution is 0.525. The molecule has 0 aliphatic rings. The summed E-state index contributed by atoms with van der Waals surface area (Å²) in [5, 5.41) is 0. The lowest BCUT2D eigenvalue weighted by Crippen LogP contribution is -2.12. The maximum absolute atomic E-state index is 12.9. The molecule has 0 aromatic carbocycles. The fourth-order valence-electron chi connectivity index (χ4n) is 1.01. The quantitative estimate of drug-likeness (QED) is 0.732. The highest BCUT2D eigenvalue weighted by atomic mass is 19.1. The van der Waals surface area contributed by atoms with Gasteiger partial charge in [0, 0.05) is 5.56 Å². The third kappa shape index (κ3) is 1.58. The van der Waals surface area contributed by atoms with Crippen LogP contribution in [-0.4, -0.2) is 11.5 Å². The summed E-state index contributed by atoms with van der Waals surface area (Å²) >= 11 is 0. The highest BCUT2D eigenvalue weighted by Gasteiger charge is 2.14.